The minimum atomic E-state index is -6.43. The largest absolute Gasteiger partial charge is 0.503 e. The lowest BCUT2D eigenvalue weighted by Gasteiger charge is -2.23. The number of aromatic nitrogens is 1. The monoisotopic (exact) mass is 325 g/mol. The fraction of sp³-hybridized carbons (Fsp3) is 0.429. The molecule has 0 fully saturated rings. The smallest absolute Gasteiger partial charge is 0.446 e. The lowest BCUT2D eigenvalue weighted by atomic mass is 10.4. The van der Waals surface area contributed by atoms with Gasteiger partial charge in [0.05, 0.1) is 0 Å². The van der Waals surface area contributed by atoms with Gasteiger partial charge in [-0.1, -0.05) is 4.73 Å². The molecule has 0 spiro atoms. The normalized spacial score (nSPS) is 13.4. The molecule has 4 N–H and O–H groups in total. The van der Waals surface area contributed by atoms with E-state index >= 15 is 0 Å². The maximum atomic E-state index is 13.1. The Morgan fingerprint density at radius 2 is 1.70 bits per heavy atom. The Hall–Kier alpha value is -1.89. The molecule has 0 aliphatic heterocycles. The number of aliphatic hydroxyl groups is 1. The van der Waals surface area contributed by atoms with E-state index < -0.39 is 50.1 Å². The van der Waals surface area contributed by atoms with Crippen LogP contribution in [0.4, 0.5) is 17.6 Å². The number of halogens is 4. The molecule has 0 unspecified atom stereocenters. The van der Waals surface area contributed by atoms with Crippen molar-refractivity contribution in [1.29, 1.82) is 0 Å². The standard InChI is InChI=1S/C7H7F4NO7S/c8-6(9,2-13)7(10,11)20(17,18)19-12-4(15)1-3(14)5(12)16/h1,13-16H,2H2. The second-order valence-corrected chi connectivity index (χ2v) is 4.98. The van der Waals surface area contributed by atoms with E-state index in [0.29, 0.717) is 6.07 Å². The average molecular weight is 325 g/mol. The van der Waals surface area contributed by atoms with E-state index in [2.05, 4.69) is 4.28 Å². The van der Waals surface area contributed by atoms with E-state index in [9.17, 15) is 26.0 Å². The molecular formula is C7H7F4NO7S. The summed E-state index contributed by atoms with van der Waals surface area (Å²) in [5.74, 6) is -9.41. The third-order valence-corrected chi connectivity index (χ3v) is 3.28. The van der Waals surface area contributed by atoms with Gasteiger partial charge in [-0.05, 0) is 0 Å². The number of hydrogen-bond donors (Lipinski definition) is 4. The van der Waals surface area contributed by atoms with Crippen LogP contribution in [0.25, 0.3) is 0 Å². The highest BCUT2D eigenvalue weighted by Crippen LogP contribution is 2.40. The summed E-state index contributed by atoms with van der Waals surface area (Å²) >= 11 is 0. The maximum absolute atomic E-state index is 13.1. The van der Waals surface area contributed by atoms with Crippen LogP contribution in [0.3, 0.4) is 0 Å². The predicted octanol–water partition coefficient (Wildman–Crippen LogP) is -0.416. The highest BCUT2D eigenvalue weighted by atomic mass is 32.2. The second-order valence-electron chi connectivity index (χ2n) is 3.41. The van der Waals surface area contributed by atoms with Crippen molar-refractivity contribution in [2.24, 2.45) is 0 Å². The first-order chi connectivity index (χ1) is 8.87. The SMILES string of the molecule is O=S(=O)(On1c(O)cc(O)c1O)C(F)(F)C(F)(F)CO. The van der Waals surface area contributed by atoms with Crippen molar-refractivity contribution in [3.8, 4) is 17.5 Å². The number of alkyl halides is 4. The Labute approximate surface area is 108 Å². The number of aromatic hydroxyl groups is 3. The molecule has 0 atom stereocenters. The molecule has 0 aliphatic rings. The maximum Gasteiger partial charge on any atom is 0.446 e. The van der Waals surface area contributed by atoms with E-state index in [1.54, 1.807) is 0 Å². The molecule has 0 radical (unpaired) electrons. The minimum Gasteiger partial charge on any atom is -0.503 e. The van der Waals surface area contributed by atoms with Crippen molar-refractivity contribution in [2.45, 2.75) is 11.2 Å². The van der Waals surface area contributed by atoms with E-state index in [-0.39, 0.29) is 0 Å². The summed E-state index contributed by atoms with van der Waals surface area (Å²) in [6, 6.07) is 0.299. The number of aliphatic hydroxyl groups excluding tert-OH is 1. The van der Waals surface area contributed by atoms with Crippen molar-refractivity contribution in [3.05, 3.63) is 6.07 Å². The zero-order chi connectivity index (χ0) is 15.9. The first-order valence-electron chi connectivity index (χ1n) is 4.51. The van der Waals surface area contributed by atoms with Gasteiger partial charge in [-0.25, -0.2) is 0 Å². The molecule has 1 aromatic rings. The summed E-state index contributed by atoms with van der Waals surface area (Å²) < 4.78 is 76.4. The minimum absolute atomic E-state index is 0.299. The van der Waals surface area contributed by atoms with Gasteiger partial charge in [-0.2, -0.15) is 26.0 Å². The third kappa shape index (κ3) is 2.29. The summed E-state index contributed by atoms with van der Waals surface area (Å²) in [7, 11) is -6.43. The number of rotatable bonds is 5. The van der Waals surface area contributed by atoms with Crippen molar-refractivity contribution in [1.82, 2.24) is 4.73 Å². The Morgan fingerprint density at radius 1 is 1.20 bits per heavy atom. The van der Waals surface area contributed by atoms with Crippen LogP contribution >= 0.6 is 0 Å². The molecule has 0 saturated heterocycles. The average Bonchev–Trinajstić information content (AvgIpc) is 2.55. The quantitative estimate of drug-likeness (QED) is 0.541. The van der Waals surface area contributed by atoms with Crippen LogP contribution in [0, 0.1) is 0 Å². The van der Waals surface area contributed by atoms with Gasteiger partial charge in [0, 0.05) is 6.07 Å². The van der Waals surface area contributed by atoms with Gasteiger partial charge in [0.1, 0.15) is 6.61 Å². The Bertz CT molecular complexity index is 611. The van der Waals surface area contributed by atoms with Crippen molar-refractivity contribution in [3.63, 3.8) is 0 Å². The van der Waals surface area contributed by atoms with Crippen LogP contribution in [-0.4, -0.2) is 51.4 Å². The van der Waals surface area contributed by atoms with Crippen molar-refractivity contribution < 1.29 is 50.7 Å². The van der Waals surface area contributed by atoms with Crippen LogP contribution in [-0.2, 0) is 10.1 Å². The summed E-state index contributed by atoms with van der Waals surface area (Å²) in [6.45, 7) is -2.50. The predicted molar refractivity (Wildman–Crippen MR) is 51.9 cm³/mol. The molecule has 116 valence electrons. The molecule has 13 heteroatoms. The summed E-state index contributed by atoms with van der Waals surface area (Å²) in [6.07, 6.45) is 0. The van der Waals surface area contributed by atoms with E-state index in [4.69, 9.17) is 20.4 Å². The fourth-order valence-corrected chi connectivity index (χ4v) is 1.82. The lowest BCUT2D eigenvalue weighted by molar-refractivity contribution is -0.182. The lowest BCUT2D eigenvalue weighted by Crippen LogP contribution is -2.52. The second kappa shape index (κ2) is 4.59. The molecule has 1 aromatic heterocycles. The molecule has 1 heterocycles. The summed E-state index contributed by atoms with van der Waals surface area (Å²) in [5.41, 5.74) is 0. The third-order valence-electron chi connectivity index (χ3n) is 2.01. The van der Waals surface area contributed by atoms with Crippen LogP contribution in [0.5, 0.6) is 17.5 Å². The molecule has 20 heavy (non-hydrogen) atoms. The number of hydrogen-bond acceptors (Lipinski definition) is 7. The van der Waals surface area contributed by atoms with Crippen LogP contribution in [0.15, 0.2) is 6.07 Å². The first-order valence-corrected chi connectivity index (χ1v) is 5.92. The topological polar surface area (TPSA) is 129 Å². The Kier molecular flexibility index (Phi) is 3.71. The molecule has 0 aliphatic carbocycles. The van der Waals surface area contributed by atoms with Gasteiger partial charge >= 0.3 is 21.3 Å². The van der Waals surface area contributed by atoms with Gasteiger partial charge < -0.3 is 20.4 Å². The van der Waals surface area contributed by atoms with E-state index in [0.717, 1.165) is 0 Å². The highest BCUT2D eigenvalue weighted by Gasteiger charge is 2.67. The van der Waals surface area contributed by atoms with Gasteiger partial charge in [0.2, 0.25) is 5.88 Å². The summed E-state index contributed by atoms with van der Waals surface area (Å²) in [5, 5.41) is 29.0. The van der Waals surface area contributed by atoms with Crippen LogP contribution in [0.2, 0.25) is 0 Å². The molecular weight excluding hydrogens is 318 g/mol. The first kappa shape index (κ1) is 16.2. The molecule has 0 saturated carbocycles. The molecule has 8 nitrogen and oxygen atoms in total. The van der Waals surface area contributed by atoms with Crippen molar-refractivity contribution in [2.75, 3.05) is 6.61 Å². The molecule has 1 rings (SSSR count). The zero-order valence-corrected chi connectivity index (χ0v) is 9.98. The van der Waals surface area contributed by atoms with Gasteiger partial charge in [0.15, 0.2) is 5.75 Å². The Balaban J connectivity index is 3.26. The van der Waals surface area contributed by atoms with E-state index in [1.807, 2.05) is 0 Å². The van der Waals surface area contributed by atoms with Crippen LogP contribution < -0.4 is 4.28 Å². The van der Waals surface area contributed by atoms with Gasteiger partial charge in [0.25, 0.3) is 5.88 Å². The van der Waals surface area contributed by atoms with E-state index in [1.165, 1.54) is 0 Å². The zero-order valence-electron chi connectivity index (χ0n) is 9.17. The van der Waals surface area contributed by atoms with Gasteiger partial charge in [-0.3, -0.25) is 4.28 Å². The van der Waals surface area contributed by atoms with Crippen LogP contribution in [0.1, 0.15) is 0 Å². The number of nitrogens with zero attached hydrogens (tertiary/aromatic N) is 1. The summed E-state index contributed by atoms with van der Waals surface area (Å²) in [4.78, 5) is 0. The Morgan fingerprint density at radius 3 is 2.05 bits per heavy atom. The molecule has 0 bridgehead atoms. The highest BCUT2D eigenvalue weighted by molar-refractivity contribution is 7.88. The fourth-order valence-electron chi connectivity index (χ4n) is 0.951. The van der Waals surface area contributed by atoms with Crippen molar-refractivity contribution >= 4 is 10.1 Å². The molecule has 0 aromatic carbocycles. The van der Waals surface area contributed by atoms with Gasteiger partial charge in [-0.15, -0.1) is 0 Å². The molecule has 0 amide bonds.